The molecular formula is C15H28Cl2O2. The van der Waals surface area contributed by atoms with E-state index in [1.165, 1.54) is 45.6 Å². The summed E-state index contributed by atoms with van der Waals surface area (Å²) in [5.41, 5.74) is 0. The molecule has 0 heterocycles. The molecule has 114 valence electrons. The minimum atomic E-state index is -0.217. The standard InChI is InChI=1S/C15H28Cl2O2/c1-3-4-5-6-7-8-9-10-13(16)14(17)11-12-15(18)19-2/h13-14H,3-12H2,1-2H3/t13-,14-/m1/s1. The summed E-state index contributed by atoms with van der Waals surface area (Å²) in [5, 5.41) is -0.178. The van der Waals surface area contributed by atoms with Crippen molar-refractivity contribution < 1.29 is 9.53 Å². The predicted octanol–water partition coefficient (Wildman–Crippen LogP) is 5.30. The summed E-state index contributed by atoms with van der Waals surface area (Å²) in [5.74, 6) is -0.217. The van der Waals surface area contributed by atoms with Crippen LogP contribution in [-0.2, 0) is 9.53 Å². The molecule has 2 atom stereocenters. The Morgan fingerprint density at radius 3 is 2.05 bits per heavy atom. The van der Waals surface area contributed by atoms with Crippen molar-refractivity contribution in [2.75, 3.05) is 7.11 Å². The highest BCUT2D eigenvalue weighted by molar-refractivity contribution is 6.30. The molecule has 0 aromatic carbocycles. The maximum Gasteiger partial charge on any atom is 0.305 e. The summed E-state index contributed by atoms with van der Waals surface area (Å²) in [4.78, 5) is 11.0. The maximum absolute atomic E-state index is 11.0. The quantitative estimate of drug-likeness (QED) is 0.278. The van der Waals surface area contributed by atoms with E-state index in [9.17, 15) is 4.79 Å². The lowest BCUT2D eigenvalue weighted by atomic mass is 10.0. The fraction of sp³-hybridized carbons (Fsp3) is 0.933. The Hall–Kier alpha value is 0.0500. The van der Waals surface area contributed by atoms with Crippen LogP contribution in [-0.4, -0.2) is 23.8 Å². The minimum Gasteiger partial charge on any atom is -0.469 e. The SMILES string of the molecule is CCCCCCCCC[C@@H](Cl)[C@H](Cl)CCC(=O)OC. The van der Waals surface area contributed by atoms with Crippen molar-refractivity contribution in [3.8, 4) is 0 Å². The van der Waals surface area contributed by atoms with Crippen LogP contribution in [0.3, 0.4) is 0 Å². The first-order chi connectivity index (χ1) is 9.11. The number of methoxy groups -OCH3 is 1. The molecule has 0 saturated heterocycles. The fourth-order valence-electron chi connectivity index (χ4n) is 2.02. The van der Waals surface area contributed by atoms with Crippen molar-refractivity contribution in [3.05, 3.63) is 0 Å². The second-order valence-electron chi connectivity index (χ2n) is 5.06. The van der Waals surface area contributed by atoms with Crippen LogP contribution in [0.2, 0.25) is 0 Å². The van der Waals surface area contributed by atoms with Crippen LogP contribution in [0.4, 0.5) is 0 Å². The van der Waals surface area contributed by atoms with Gasteiger partial charge in [0.15, 0.2) is 0 Å². The number of rotatable bonds is 12. The van der Waals surface area contributed by atoms with E-state index in [0.29, 0.717) is 12.8 Å². The molecule has 0 unspecified atom stereocenters. The van der Waals surface area contributed by atoms with Crippen molar-refractivity contribution in [1.82, 2.24) is 0 Å². The van der Waals surface area contributed by atoms with E-state index >= 15 is 0 Å². The Labute approximate surface area is 128 Å². The lowest BCUT2D eigenvalue weighted by Gasteiger charge is -2.15. The highest BCUT2D eigenvalue weighted by atomic mass is 35.5. The molecule has 0 spiro atoms. The van der Waals surface area contributed by atoms with Gasteiger partial charge in [0.2, 0.25) is 0 Å². The predicted molar refractivity (Wildman–Crippen MR) is 83.1 cm³/mol. The number of carbonyl (C=O) groups excluding carboxylic acids is 1. The van der Waals surface area contributed by atoms with Crippen LogP contribution in [0.25, 0.3) is 0 Å². The number of ether oxygens (including phenoxy) is 1. The van der Waals surface area contributed by atoms with Gasteiger partial charge in [0.25, 0.3) is 0 Å². The minimum absolute atomic E-state index is 0.0398. The third-order valence-corrected chi connectivity index (χ3v) is 4.50. The molecule has 0 N–H and O–H groups in total. The molecule has 0 aliphatic carbocycles. The Morgan fingerprint density at radius 2 is 1.47 bits per heavy atom. The molecule has 19 heavy (non-hydrogen) atoms. The third-order valence-electron chi connectivity index (χ3n) is 3.33. The summed E-state index contributed by atoms with van der Waals surface area (Å²) in [6.45, 7) is 2.23. The number of halogens is 2. The van der Waals surface area contributed by atoms with E-state index in [2.05, 4.69) is 11.7 Å². The third kappa shape index (κ3) is 11.6. The fourth-order valence-corrected chi connectivity index (χ4v) is 2.53. The first-order valence-electron chi connectivity index (χ1n) is 7.46. The molecule has 0 aliphatic rings. The molecule has 0 radical (unpaired) electrons. The van der Waals surface area contributed by atoms with Gasteiger partial charge >= 0.3 is 5.97 Å². The van der Waals surface area contributed by atoms with Gasteiger partial charge in [-0.3, -0.25) is 4.79 Å². The normalized spacial score (nSPS) is 14.1. The maximum atomic E-state index is 11.0. The van der Waals surface area contributed by atoms with Crippen LogP contribution in [0.1, 0.15) is 71.1 Å². The van der Waals surface area contributed by atoms with Crippen molar-refractivity contribution in [2.45, 2.75) is 81.9 Å². The molecule has 0 amide bonds. The van der Waals surface area contributed by atoms with Gasteiger partial charge in [-0.25, -0.2) is 0 Å². The Morgan fingerprint density at radius 1 is 0.947 bits per heavy atom. The average molecular weight is 311 g/mol. The van der Waals surface area contributed by atoms with E-state index in [1.807, 2.05) is 0 Å². The number of hydrogen-bond acceptors (Lipinski definition) is 2. The lowest BCUT2D eigenvalue weighted by Crippen LogP contribution is -2.17. The number of carbonyl (C=O) groups is 1. The molecule has 0 aliphatic heterocycles. The van der Waals surface area contributed by atoms with Crippen molar-refractivity contribution >= 4 is 29.2 Å². The molecule has 0 saturated carbocycles. The van der Waals surface area contributed by atoms with Gasteiger partial charge in [-0.2, -0.15) is 0 Å². The van der Waals surface area contributed by atoms with E-state index in [4.69, 9.17) is 23.2 Å². The van der Waals surface area contributed by atoms with Gasteiger partial charge < -0.3 is 4.74 Å². The van der Waals surface area contributed by atoms with Crippen LogP contribution >= 0.6 is 23.2 Å². The molecule has 0 fully saturated rings. The second-order valence-corrected chi connectivity index (χ2v) is 6.18. The van der Waals surface area contributed by atoms with Crippen LogP contribution in [0.5, 0.6) is 0 Å². The molecule has 0 bridgehead atoms. The summed E-state index contributed by atoms with van der Waals surface area (Å²) in [6.07, 6.45) is 10.8. The highest BCUT2D eigenvalue weighted by Crippen LogP contribution is 2.21. The lowest BCUT2D eigenvalue weighted by molar-refractivity contribution is -0.140. The molecular weight excluding hydrogens is 283 g/mol. The number of esters is 1. The van der Waals surface area contributed by atoms with Crippen LogP contribution in [0, 0.1) is 0 Å². The van der Waals surface area contributed by atoms with Gasteiger partial charge in [-0.05, 0) is 12.8 Å². The van der Waals surface area contributed by atoms with E-state index < -0.39 is 0 Å². The molecule has 0 aromatic heterocycles. The Balaban J connectivity index is 3.46. The molecule has 2 nitrogen and oxygen atoms in total. The summed E-state index contributed by atoms with van der Waals surface area (Å²) in [6, 6.07) is 0. The highest BCUT2D eigenvalue weighted by Gasteiger charge is 2.17. The molecule has 0 rings (SSSR count). The van der Waals surface area contributed by atoms with Gasteiger partial charge in [0, 0.05) is 11.8 Å². The topological polar surface area (TPSA) is 26.3 Å². The zero-order valence-corrected chi connectivity index (χ0v) is 13.8. The largest absolute Gasteiger partial charge is 0.469 e. The first kappa shape index (κ1) is 19.1. The number of unbranched alkanes of at least 4 members (excludes halogenated alkanes) is 6. The van der Waals surface area contributed by atoms with E-state index in [0.717, 1.165) is 12.8 Å². The van der Waals surface area contributed by atoms with Crippen LogP contribution < -0.4 is 0 Å². The van der Waals surface area contributed by atoms with E-state index in [1.54, 1.807) is 0 Å². The van der Waals surface area contributed by atoms with Crippen molar-refractivity contribution in [2.24, 2.45) is 0 Å². The Kier molecular flexibility index (Phi) is 13.1. The van der Waals surface area contributed by atoms with Gasteiger partial charge in [0.05, 0.1) is 12.5 Å². The summed E-state index contributed by atoms with van der Waals surface area (Å²) in [7, 11) is 1.39. The average Bonchev–Trinajstić information content (AvgIpc) is 2.42. The van der Waals surface area contributed by atoms with Gasteiger partial charge in [-0.1, -0.05) is 51.9 Å². The molecule has 4 heteroatoms. The summed E-state index contributed by atoms with van der Waals surface area (Å²) < 4.78 is 4.58. The monoisotopic (exact) mass is 310 g/mol. The zero-order valence-electron chi connectivity index (χ0n) is 12.3. The first-order valence-corrected chi connectivity index (χ1v) is 8.34. The zero-order chi connectivity index (χ0) is 14.5. The Bertz CT molecular complexity index is 222. The van der Waals surface area contributed by atoms with Gasteiger partial charge in [0.1, 0.15) is 0 Å². The second kappa shape index (κ2) is 13.1. The molecule has 0 aromatic rings. The van der Waals surface area contributed by atoms with Gasteiger partial charge in [-0.15, -0.1) is 23.2 Å². The van der Waals surface area contributed by atoms with Crippen molar-refractivity contribution in [3.63, 3.8) is 0 Å². The number of alkyl halides is 2. The van der Waals surface area contributed by atoms with Crippen molar-refractivity contribution in [1.29, 1.82) is 0 Å². The number of hydrogen-bond donors (Lipinski definition) is 0. The smallest absolute Gasteiger partial charge is 0.305 e. The summed E-state index contributed by atoms with van der Waals surface area (Å²) >= 11 is 12.4. The van der Waals surface area contributed by atoms with Crippen LogP contribution in [0.15, 0.2) is 0 Å². The van der Waals surface area contributed by atoms with E-state index in [-0.39, 0.29) is 16.7 Å².